The first kappa shape index (κ1) is 23.0. The van der Waals surface area contributed by atoms with Crippen LogP contribution in [0.3, 0.4) is 0 Å². The number of thioether (sulfide) groups is 1. The number of esters is 1. The van der Waals surface area contributed by atoms with Gasteiger partial charge in [0.1, 0.15) is 5.75 Å². The first-order valence-corrected chi connectivity index (χ1v) is 12.4. The van der Waals surface area contributed by atoms with Gasteiger partial charge in [-0.15, -0.1) is 0 Å². The summed E-state index contributed by atoms with van der Waals surface area (Å²) in [5.41, 5.74) is 4.69. The van der Waals surface area contributed by atoms with Crippen LogP contribution in [0, 0.1) is 0 Å². The molecule has 0 saturated carbocycles. The molecule has 0 radical (unpaired) electrons. The normalized spacial score (nSPS) is 18.7. The minimum Gasteiger partial charge on any atom is -0.497 e. The van der Waals surface area contributed by atoms with Gasteiger partial charge in [-0.2, -0.15) is 10.2 Å². The van der Waals surface area contributed by atoms with Crippen LogP contribution >= 0.6 is 11.8 Å². The summed E-state index contributed by atoms with van der Waals surface area (Å²) < 4.78 is 10.7. The van der Waals surface area contributed by atoms with Crippen LogP contribution in [0.4, 0.5) is 11.4 Å². The maximum atomic E-state index is 12.9. The van der Waals surface area contributed by atoms with Gasteiger partial charge in [-0.25, -0.2) is 14.8 Å². The van der Waals surface area contributed by atoms with Gasteiger partial charge >= 0.3 is 5.97 Å². The van der Waals surface area contributed by atoms with E-state index in [4.69, 9.17) is 19.7 Å². The van der Waals surface area contributed by atoms with E-state index in [0.717, 1.165) is 40.4 Å². The molecule has 8 heteroatoms. The summed E-state index contributed by atoms with van der Waals surface area (Å²) in [6, 6.07) is 25.8. The van der Waals surface area contributed by atoms with E-state index < -0.39 is 11.0 Å². The van der Waals surface area contributed by atoms with E-state index in [0.29, 0.717) is 0 Å². The molecule has 35 heavy (non-hydrogen) atoms. The third-order valence-corrected chi connectivity index (χ3v) is 7.21. The van der Waals surface area contributed by atoms with Crippen molar-refractivity contribution < 1.29 is 14.3 Å². The summed E-state index contributed by atoms with van der Waals surface area (Å²) in [5.74, 6) is 0.281. The monoisotopic (exact) mass is 486 g/mol. The van der Waals surface area contributed by atoms with Gasteiger partial charge < -0.3 is 9.47 Å². The second-order valence-electron chi connectivity index (χ2n) is 7.94. The number of benzene rings is 3. The molecule has 0 saturated heterocycles. The minimum atomic E-state index is -0.979. The molecule has 0 fully saturated rings. The highest BCUT2D eigenvalue weighted by atomic mass is 32.2. The molecule has 2 heterocycles. The number of hydrogen-bond acceptors (Lipinski definition) is 8. The number of rotatable bonds is 6. The molecule has 5 rings (SSSR count). The van der Waals surface area contributed by atoms with Gasteiger partial charge in [0.2, 0.25) is 10.0 Å². The van der Waals surface area contributed by atoms with Crippen molar-refractivity contribution in [1.29, 1.82) is 0 Å². The van der Waals surface area contributed by atoms with Crippen molar-refractivity contribution >= 4 is 39.9 Å². The predicted octanol–water partition coefficient (Wildman–Crippen LogP) is 5.57. The molecule has 0 amide bonds. The van der Waals surface area contributed by atoms with Crippen molar-refractivity contribution in [2.24, 2.45) is 10.2 Å². The Kier molecular flexibility index (Phi) is 6.21. The average molecular weight is 487 g/mol. The topological polar surface area (TPSA) is 66.7 Å². The Hall–Kier alpha value is -3.78. The van der Waals surface area contributed by atoms with Crippen molar-refractivity contribution in [3.05, 3.63) is 90.0 Å². The summed E-state index contributed by atoms with van der Waals surface area (Å²) in [7, 11) is 1.63. The van der Waals surface area contributed by atoms with Gasteiger partial charge in [-0.1, -0.05) is 49.4 Å². The zero-order chi connectivity index (χ0) is 24.4. The Balaban J connectivity index is 1.77. The molecule has 2 aliphatic rings. The fourth-order valence-electron chi connectivity index (χ4n) is 4.33. The van der Waals surface area contributed by atoms with E-state index in [2.05, 4.69) is 19.1 Å². The Morgan fingerprint density at radius 2 is 1.54 bits per heavy atom. The number of anilines is 2. The molecule has 0 aliphatic carbocycles. The van der Waals surface area contributed by atoms with Crippen LogP contribution in [0.5, 0.6) is 5.75 Å². The van der Waals surface area contributed by atoms with Crippen LogP contribution in [0.1, 0.15) is 31.4 Å². The third kappa shape index (κ3) is 3.83. The number of methoxy groups -OCH3 is 1. The van der Waals surface area contributed by atoms with Gasteiger partial charge in [0, 0.05) is 11.1 Å². The summed E-state index contributed by atoms with van der Waals surface area (Å²) in [6.45, 7) is 4.16. The van der Waals surface area contributed by atoms with Crippen LogP contribution in [0.25, 0.3) is 0 Å². The fraction of sp³-hybridized carbons (Fsp3) is 0.222. The first-order chi connectivity index (χ1) is 17.1. The quantitative estimate of drug-likeness (QED) is 0.425. The smallest absolute Gasteiger partial charge is 0.365 e. The summed E-state index contributed by atoms with van der Waals surface area (Å²) in [6.07, 6.45) is 0.759. The molecular formula is C27H26N4O3S. The molecule has 7 nitrogen and oxygen atoms in total. The molecule has 0 N–H and O–H groups in total. The van der Waals surface area contributed by atoms with Gasteiger partial charge in [0.25, 0.3) is 0 Å². The van der Waals surface area contributed by atoms with Crippen LogP contribution < -0.4 is 14.8 Å². The van der Waals surface area contributed by atoms with Gasteiger partial charge in [-0.3, -0.25) is 0 Å². The third-order valence-electron chi connectivity index (χ3n) is 5.92. The maximum Gasteiger partial charge on any atom is 0.365 e. The zero-order valence-corrected chi connectivity index (χ0v) is 20.7. The van der Waals surface area contributed by atoms with Crippen molar-refractivity contribution in [3.8, 4) is 5.75 Å². The minimum absolute atomic E-state index is 0.269. The number of carbonyl (C=O) groups is 1. The second kappa shape index (κ2) is 9.46. The molecule has 1 spiro atoms. The number of nitrogens with zero attached hydrogens (tertiary/aromatic N) is 4. The Labute approximate surface area is 209 Å². The first-order valence-electron chi connectivity index (χ1n) is 11.5. The SMILES string of the molecule is CCOC(=O)C1=NN(c2ccc(OC)cc2)[C@]2(S1)c1ccccc1C(CC)=NN2c1ccccc1. The van der Waals surface area contributed by atoms with Crippen molar-refractivity contribution in [3.63, 3.8) is 0 Å². The highest BCUT2D eigenvalue weighted by Crippen LogP contribution is 2.54. The highest BCUT2D eigenvalue weighted by Gasteiger charge is 2.56. The van der Waals surface area contributed by atoms with Crippen molar-refractivity contribution in [1.82, 2.24) is 0 Å². The Morgan fingerprint density at radius 1 is 0.886 bits per heavy atom. The van der Waals surface area contributed by atoms with Crippen molar-refractivity contribution in [2.75, 3.05) is 23.7 Å². The van der Waals surface area contributed by atoms with Crippen LogP contribution in [-0.2, 0) is 14.5 Å². The number of fused-ring (bicyclic) bond motifs is 2. The second-order valence-corrected chi connectivity index (χ2v) is 9.10. The van der Waals surface area contributed by atoms with Gasteiger partial charge in [-0.05, 0) is 61.5 Å². The lowest BCUT2D eigenvalue weighted by Crippen LogP contribution is -2.53. The molecule has 3 aromatic carbocycles. The molecule has 0 unspecified atom stereocenters. The van der Waals surface area contributed by atoms with E-state index in [9.17, 15) is 4.79 Å². The zero-order valence-electron chi connectivity index (χ0n) is 19.8. The molecule has 0 aromatic heterocycles. The summed E-state index contributed by atoms with van der Waals surface area (Å²) in [5, 5.41) is 14.1. The maximum absolute atomic E-state index is 12.9. The van der Waals surface area contributed by atoms with E-state index in [-0.39, 0.29) is 11.7 Å². The number of carbonyl (C=O) groups excluding carboxylic acids is 1. The van der Waals surface area contributed by atoms with Crippen molar-refractivity contribution in [2.45, 2.75) is 25.3 Å². The van der Waals surface area contributed by atoms with E-state index in [1.165, 1.54) is 11.8 Å². The van der Waals surface area contributed by atoms with E-state index in [1.54, 1.807) is 14.0 Å². The predicted molar refractivity (Wildman–Crippen MR) is 141 cm³/mol. The standard InChI is InChI=1S/C27H26N4O3S/c1-4-24-22-13-9-10-14-23(22)27(30(28-24)19-11-7-6-8-12-19)31(20-15-17-21(33-3)18-16-20)29-25(35-27)26(32)34-5-2/h6-18H,4-5H2,1-3H3/t27-/m0/s1. The summed E-state index contributed by atoms with van der Waals surface area (Å²) >= 11 is 1.34. The lowest BCUT2D eigenvalue weighted by atomic mass is 9.96. The fourth-order valence-corrected chi connectivity index (χ4v) is 5.62. The number of hydrazone groups is 2. The molecule has 178 valence electrons. The Bertz CT molecular complexity index is 1290. The largest absolute Gasteiger partial charge is 0.497 e. The number of ether oxygens (including phenoxy) is 2. The van der Waals surface area contributed by atoms with E-state index >= 15 is 0 Å². The van der Waals surface area contributed by atoms with Gasteiger partial charge in [0.15, 0.2) is 0 Å². The van der Waals surface area contributed by atoms with Gasteiger partial charge in [0.05, 0.1) is 30.8 Å². The number of hydrogen-bond donors (Lipinski definition) is 0. The molecule has 1 atom stereocenters. The lowest BCUT2D eigenvalue weighted by Gasteiger charge is -2.47. The summed E-state index contributed by atoms with van der Waals surface area (Å²) in [4.78, 5) is 12.0. The Morgan fingerprint density at radius 3 is 2.23 bits per heavy atom. The van der Waals surface area contributed by atoms with Crippen LogP contribution in [0.15, 0.2) is 89.1 Å². The van der Waals surface area contributed by atoms with E-state index in [1.807, 2.05) is 76.7 Å². The molecule has 0 bridgehead atoms. The average Bonchev–Trinajstić information content (AvgIpc) is 3.31. The van der Waals surface area contributed by atoms with Crippen LogP contribution in [-0.4, -0.2) is 30.4 Å². The lowest BCUT2D eigenvalue weighted by molar-refractivity contribution is -0.134. The number of para-hydroxylation sites is 1. The molecule has 3 aromatic rings. The molecule has 2 aliphatic heterocycles. The molecular weight excluding hydrogens is 460 g/mol. The van der Waals surface area contributed by atoms with Crippen LogP contribution in [0.2, 0.25) is 0 Å². The highest BCUT2D eigenvalue weighted by molar-refractivity contribution is 8.16.